The number of hydrogen-bond acceptors (Lipinski definition) is 3. The Morgan fingerprint density at radius 1 is 1.38 bits per heavy atom. The minimum atomic E-state index is -0.828. The summed E-state index contributed by atoms with van der Waals surface area (Å²) in [6.07, 6.45) is 3.19. The van der Waals surface area contributed by atoms with Crippen LogP contribution in [-0.4, -0.2) is 35.6 Å². The van der Waals surface area contributed by atoms with Gasteiger partial charge in [-0.3, -0.25) is 9.59 Å². The third-order valence-electron chi connectivity index (χ3n) is 3.54. The molecule has 1 aliphatic carbocycles. The smallest absolute Gasteiger partial charge is 0.305 e. The second-order valence-corrected chi connectivity index (χ2v) is 4.98. The van der Waals surface area contributed by atoms with Gasteiger partial charge in [0, 0.05) is 6.42 Å². The second kappa shape index (κ2) is 4.41. The summed E-state index contributed by atoms with van der Waals surface area (Å²) in [6, 6.07) is 0. The number of nitrogens with one attached hydrogen (secondary N) is 2. The molecule has 2 rings (SSSR count). The van der Waals surface area contributed by atoms with Gasteiger partial charge in [0.15, 0.2) is 0 Å². The molecule has 0 bridgehead atoms. The highest BCUT2D eigenvalue weighted by atomic mass is 16.4. The lowest BCUT2D eigenvalue weighted by atomic mass is 9.74. The molecule has 1 saturated carbocycles. The summed E-state index contributed by atoms with van der Waals surface area (Å²) in [6.45, 7) is 1.80. The van der Waals surface area contributed by atoms with E-state index in [-0.39, 0.29) is 12.3 Å². The van der Waals surface area contributed by atoms with E-state index in [1.165, 1.54) is 0 Å². The van der Waals surface area contributed by atoms with Crippen molar-refractivity contribution in [2.24, 2.45) is 5.92 Å². The van der Waals surface area contributed by atoms with Crippen LogP contribution in [0, 0.1) is 5.92 Å². The SMILES string of the molecule is O=C(O)CC1(NC(=O)CC2CNC2)CCC1. The summed E-state index contributed by atoms with van der Waals surface area (Å²) in [5, 5.41) is 14.8. The Hall–Kier alpha value is -1.10. The van der Waals surface area contributed by atoms with Gasteiger partial charge in [0.2, 0.25) is 5.91 Å². The zero-order valence-corrected chi connectivity index (χ0v) is 9.29. The zero-order valence-electron chi connectivity index (χ0n) is 9.29. The Kier molecular flexibility index (Phi) is 3.14. The molecular formula is C11H18N2O3. The molecule has 0 spiro atoms. The van der Waals surface area contributed by atoms with Gasteiger partial charge < -0.3 is 15.7 Å². The summed E-state index contributed by atoms with van der Waals surface area (Å²) < 4.78 is 0. The average molecular weight is 226 g/mol. The van der Waals surface area contributed by atoms with Crippen LogP contribution in [0.25, 0.3) is 0 Å². The highest BCUT2D eigenvalue weighted by Crippen LogP contribution is 2.35. The minimum Gasteiger partial charge on any atom is -0.481 e. The molecule has 1 amide bonds. The molecule has 0 radical (unpaired) electrons. The maximum atomic E-state index is 11.7. The van der Waals surface area contributed by atoms with E-state index >= 15 is 0 Å². The molecule has 0 aromatic carbocycles. The van der Waals surface area contributed by atoms with Crippen LogP contribution < -0.4 is 10.6 Å². The normalized spacial score (nSPS) is 23.0. The molecule has 2 fully saturated rings. The molecule has 0 aromatic rings. The molecule has 1 aliphatic heterocycles. The molecule has 0 unspecified atom stereocenters. The first-order valence-corrected chi connectivity index (χ1v) is 5.83. The van der Waals surface area contributed by atoms with Crippen LogP contribution in [0.5, 0.6) is 0 Å². The number of carbonyl (C=O) groups excluding carboxylic acids is 1. The van der Waals surface area contributed by atoms with Gasteiger partial charge in [0.25, 0.3) is 0 Å². The van der Waals surface area contributed by atoms with E-state index in [4.69, 9.17) is 5.11 Å². The van der Waals surface area contributed by atoms with Crippen LogP contribution >= 0.6 is 0 Å². The molecule has 0 atom stereocenters. The first-order chi connectivity index (χ1) is 7.60. The fourth-order valence-corrected chi connectivity index (χ4v) is 2.34. The van der Waals surface area contributed by atoms with E-state index in [1.807, 2.05) is 0 Å². The lowest BCUT2D eigenvalue weighted by Gasteiger charge is -2.42. The van der Waals surface area contributed by atoms with Crippen molar-refractivity contribution in [3.8, 4) is 0 Å². The van der Waals surface area contributed by atoms with E-state index in [9.17, 15) is 9.59 Å². The summed E-state index contributed by atoms with van der Waals surface area (Å²) in [5.41, 5.74) is -0.444. The second-order valence-electron chi connectivity index (χ2n) is 4.98. The van der Waals surface area contributed by atoms with Crippen LogP contribution in [0.15, 0.2) is 0 Å². The van der Waals surface area contributed by atoms with Gasteiger partial charge in [-0.05, 0) is 38.3 Å². The van der Waals surface area contributed by atoms with Gasteiger partial charge in [-0.15, -0.1) is 0 Å². The van der Waals surface area contributed by atoms with Gasteiger partial charge in [-0.25, -0.2) is 0 Å². The minimum absolute atomic E-state index is 0.00690. The van der Waals surface area contributed by atoms with Crippen molar-refractivity contribution >= 4 is 11.9 Å². The lowest BCUT2D eigenvalue weighted by Crippen LogP contribution is -2.56. The maximum absolute atomic E-state index is 11.7. The average Bonchev–Trinajstić information content (AvgIpc) is 2.07. The summed E-state index contributed by atoms with van der Waals surface area (Å²) >= 11 is 0. The first kappa shape index (κ1) is 11.4. The Labute approximate surface area is 94.6 Å². The van der Waals surface area contributed by atoms with Gasteiger partial charge >= 0.3 is 5.97 Å². The molecule has 1 saturated heterocycles. The van der Waals surface area contributed by atoms with Crippen molar-refractivity contribution in [3.63, 3.8) is 0 Å². The van der Waals surface area contributed by atoms with Crippen LogP contribution in [0.2, 0.25) is 0 Å². The topological polar surface area (TPSA) is 78.4 Å². The number of carboxylic acid groups (broad SMARTS) is 1. The predicted molar refractivity (Wildman–Crippen MR) is 58.0 cm³/mol. The fourth-order valence-electron chi connectivity index (χ4n) is 2.34. The third kappa shape index (κ3) is 2.52. The number of carboxylic acids is 1. The molecule has 3 N–H and O–H groups in total. The fraction of sp³-hybridized carbons (Fsp3) is 0.818. The molecule has 0 aromatic heterocycles. The van der Waals surface area contributed by atoms with E-state index in [1.54, 1.807) is 0 Å². The highest BCUT2D eigenvalue weighted by Gasteiger charge is 2.40. The molecule has 16 heavy (non-hydrogen) atoms. The number of hydrogen-bond donors (Lipinski definition) is 3. The van der Waals surface area contributed by atoms with Crippen molar-refractivity contribution in [3.05, 3.63) is 0 Å². The lowest BCUT2D eigenvalue weighted by molar-refractivity contribution is -0.140. The van der Waals surface area contributed by atoms with Gasteiger partial charge in [-0.2, -0.15) is 0 Å². The molecule has 5 heteroatoms. The Morgan fingerprint density at radius 2 is 2.06 bits per heavy atom. The number of carbonyl (C=O) groups is 2. The first-order valence-electron chi connectivity index (χ1n) is 5.83. The van der Waals surface area contributed by atoms with Crippen molar-refractivity contribution in [2.75, 3.05) is 13.1 Å². The third-order valence-corrected chi connectivity index (χ3v) is 3.54. The van der Waals surface area contributed by atoms with Crippen LogP contribution in [0.4, 0.5) is 0 Å². The van der Waals surface area contributed by atoms with Crippen molar-refractivity contribution < 1.29 is 14.7 Å². The Bertz CT molecular complexity index is 296. The molecule has 5 nitrogen and oxygen atoms in total. The Morgan fingerprint density at radius 3 is 2.44 bits per heavy atom. The van der Waals surface area contributed by atoms with E-state index in [2.05, 4.69) is 10.6 Å². The number of aliphatic carboxylic acids is 1. The van der Waals surface area contributed by atoms with E-state index in [0.717, 1.165) is 32.4 Å². The number of rotatable bonds is 5. The molecule has 1 heterocycles. The van der Waals surface area contributed by atoms with Gasteiger partial charge in [0.1, 0.15) is 0 Å². The van der Waals surface area contributed by atoms with E-state index in [0.29, 0.717) is 12.3 Å². The van der Waals surface area contributed by atoms with Crippen LogP contribution in [0.1, 0.15) is 32.1 Å². The van der Waals surface area contributed by atoms with Gasteiger partial charge in [0.05, 0.1) is 12.0 Å². The quantitative estimate of drug-likeness (QED) is 0.621. The molecule has 2 aliphatic rings. The zero-order chi connectivity index (χ0) is 11.6. The summed E-state index contributed by atoms with van der Waals surface area (Å²) in [5.74, 6) is -0.389. The van der Waals surface area contributed by atoms with E-state index < -0.39 is 11.5 Å². The van der Waals surface area contributed by atoms with Crippen molar-refractivity contribution in [1.29, 1.82) is 0 Å². The predicted octanol–water partition coefficient (Wildman–Crippen LogP) is 0.109. The maximum Gasteiger partial charge on any atom is 0.305 e. The van der Waals surface area contributed by atoms with Crippen LogP contribution in [-0.2, 0) is 9.59 Å². The van der Waals surface area contributed by atoms with Crippen LogP contribution in [0.3, 0.4) is 0 Å². The molecular weight excluding hydrogens is 208 g/mol. The monoisotopic (exact) mass is 226 g/mol. The summed E-state index contributed by atoms with van der Waals surface area (Å²) in [4.78, 5) is 22.4. The number of amides is 1. The van der Waals surface area contributed by atoms with Crippen molar-refractivity contribution in [2.45, 2.75) is 37.6 Å². The van der Waals surface area contributed by atoms with Crippen molar-refractivity contribution in [1.82, 2.24) is 10.6 Å². The summed E-state index contributed by atoms with van der Waals surface area (Å²) in [7, 11) is 0. The van der Waals surface area contributed by atoms with Gasteiger partial charge in [-0.1, -0.05) is 0 Å². The highest BCUT2D eigenvalue weighted by molar-refractivity contribution is 5.79. The standard InChI is InChI=1S/C11H18N2O3/c14-9(4-8-6-12-7-8)13-11(2-1-3-11)5-10(15)16/h8,12H,1-7H2,(H,13,14)(H,15,16). The molecule has 90 valence electrons. The Balaban J connectivity index is 1.80. The largest absolute Gasteiger partial charge is 0.481 e.